The first-order chi connectivity index (χ1) is 3.84. The van der Waals surface area contributed by atoms with Gasteiger partial charge in [-0.2, -0.15) is 0 Å². The van der Waals surface area contributed by atoms with Gasteiger partial charge in [-0.05, 0) is 19.8 Å². The van der Waals surface area contributed by atoms with E-state index in [4.69, 9.17) is 4.74 Å². The first-order valence-electron chi connectivity index (χ1n) is 3.06. The molecule has 1 heterocycles. The lowest BCUT2D eigenvalue weighted by Gasteiger charge is -1.86. The van der Waals surface area contributed by atoms with Crippen molar-refractivity contribution in [2.45, 2.75) is 32.0 Å². The zero-order chi connectivity index (χ0) is 5.98. The van der Waals surface area contributed by atoms with Crippen molar-refractivity contribution in [2.24, 2.45) is 0 Å². The summed E-state index contributed by atoms with van der Waals surface area (Å²) in [6, 6.07) is 0. The molecule has 0 aromatic carbocycles. The molecule has 0 radical (unpaired) electrons. The van der Waals surface area contributed by atoms with Crippen LogP contribution in [0.3, 0.4) is 0 Å². The van der Waals surface area contributed by atoms with E-state index in [1.807, 2.05) is 0 Å². The van der Waals surface area contributed by atoms with Gasteiger partial charge in [-0.25, -0.2) is 0 Å². The lowest BCUT2D eigenvalue weighted by molar-refractivity contribution is 0.369. The van der Waals surface area contributed by atoms with Gasteiger partial charge < -0.3 is 4.74 Å². The summed E-state index contributed by atoms with van der Waals surface area (Å²) in [5.74, 6) is 0. The van der Waals surface area contributed by atoms with Crippen molar-refractivity contribution >= 4 is 15.9 Å². The first kappa shape index (κ1) is 6.56. The number of ether oxygens (including phenoxy) is 1. The molecule has 2 heteroatoms. The molecule has 0 spiro atoms. The lowest BCUT2D eigenvalue weighted by atomic mass is 10.2. The van der Waals surface area contributed by atoms with Crippen LogP contribution < -0.4 is 0 Å². The molecule has 0 aliphatic carbocycles. The topological polar surface area (TPSA) is 12.5 Å². The summed E-state index contributed by atoms with van der Waals surface area (Å²) < 4.78 is 5.20. The van der Waals surface area contributed by atoms with Crippen LogP contribution in [0.1, 0.15) is 19.8 Å². The molecule has 0 N–H and O–H groups in total. The summed E-state index contributed by atoms with van der Waals surface area (Å²) in [6.45, 7) is 2.12. The molecule has 48 valence electrons. The number of epoxide rings is 1. The highest BCUT2D eigenvalue weighted by Gasteiger charge is 2.32. The molecule has 1 aliphatic rings. The third kappa shape index (κ3) is 1.75. The number of hydrogen-bond acceptors (Lipinski definition) is 1. The molecule has 0 bridgehead atoms. The predicted octanol–water partition coefficient (Wildman–Crippen LogP) is 1.95. The zero-order valence-corrected chi connectivity index (χ0v) is 6.65. The Balaban J connectivity index is 1.89. The van der Waals surface area contributed by atoms with Gasteiger partial charge in [-0.15, -0.1) is 0 Å². The number of halogens is 1. The van der Waals surface area contributed by atoms with Crippen LogP contribution in [0.5, 0.6) is 0 Å². The van der Waals surface area contributed by atoms with Crippen LogP contribution in [0.2, 0.25) is 0 Å². The van der Waals surface area contributed by atoms with Crippen LogP contribution in [0.25, 0.3) is 0 Å². The molecular weight excluding hydrogens is 168 g/mol. The Labute approximate surface area is 58.5 Å². The zero-order valence-electron chi connectivity index (χ0n) is 5.06. The van der Waals surface area contributed by atoms with E-state index >= 15 is 0 Å². The quantitative estimate of drug-likeness (QED) is 0.476. The summed E-state index contributed by atoms with van der Waals surface area (Å²) in [6.07, 6.45) is 3.61. The normalized spacial score (nSPS) is 35.2. The van der Waals surface area contributed by atoms with Crippen LogP contribution >= 0.6 is 15.9 Å². The summed E-state index contributed by atoms with van der Waals surface area (Å²) in [5.41, 5.74) is 0. The largest absolute Gasteiger partial charge is 0.370 e. The second-order valence-corrected chi connectivity index (χ2v) is 3.00. The Morgan fingerprint density at radius 3 is 2.62 bits per heavy atom. The lowest BCUT2D eigenvalue weighted by Crippen LogP contribution is -1.88. The molecule has 0 aromatic rings. The van der Waals surface area contributed by atoms with Gasteiger partial charge in [0.25, 0.3) is 0 Å². The van der Waals surface area contributed by atoms with Gasteiger partial charge in [0.05, 0.1) is 12.2 Å². The van der Waals surface area contributed by atoms with Crippen molar-refractivity contribution in [1.29, 1.82) is 0 Å². The molecule has 0 saturated carbocycles. The molecule has 8 heavy (non-hydrogen) atoms. The smallest absolute Gasteiger partial charge is 0.0839 e. The highest BCUT2D eigenvalue weighted by Crippen LogP contribution is 2.25. The minimum atomic E-state index is 0.550. The van der Waals surface area contributed by atoms with Crippen molar-refractivity contribution in [2.75, 3.05) is 5.33 Å². The molecule has 1 rings (SSSR count). The van der Waals surface area contributed by atoms with Crippen LogP contribution in [0.4, 0.5) is 0 Å². The van der Waals surface area contributed by atoms with Crippen molar-refractivity contribution in [1.82, 2.24) is 0 Å². The van der Waals surface area contributed by atoms with Crippen molar-refractivity contribution < 1.29 is 4.74 Å². The maximum absolute atomic E-state index is 5.20. The molecule has 1 nitrogen and oxygen atoms in total. The van der Waals surface area contributed by atoms with Gasteiger partial charge in [0.15, 0.2) is 0 Å². The van der Waals surface area contributed by atoms with E-state index in [0.717, 1.165) is 5.33 Å². The predicted molar refractivity (Wildman–Crippen MR) is 37.4 cm³/mol. The minimum absolute atomic E-state index is 0.550. The Morgan fingerprint density at radius 2 is 2.25 bits per heavy atom. The second kappa shape index (κ2) is 2.83. The standard InChI is InChI=1S/C6H11BrO/c1-5-6(8-5)3-2-4-7/h5-6H,2-4H2,1H3. The average Bonchev–Trinajstić information content (AvgIpc) is 2.42. The fourth-order valence-electron chi connectivity index (χ4n) is 0.811. The van der Waals surface area contributed by atoms with E-state index in [9.17, 15) is 0 Å². The van der Waals surface area contributed by atoms with Gasteiger partial charge in [-0.3, -0.25) is 0 Å². The highest BCUT2D eigenvalue weighted by atomic mass is 79.9. The molecule has 1 aliphatic heterocycles. The maximum atomic E-state index is 5.20. The summed E-state index contributed by atoms with van der Waals surface area (Å²) in [7, 11) is 0. The summed E-state index contributed by atoms with van der Waals surface area (Å²) in [5, 5.41) is 1.11. The number of alkyl halides is 1. The van der Waals surface area contributed by atoms with E-state index in [1.54, 1.807) is 0 Å². The minimum Gasteiger partial charge on any atom is -0.370 e. The molecular formula is C6H11BrO. The van der Waals surface area contributed by atoms with Crippen LogP contribution in [-0.4, -0.2) is 17.5 Å². The Bertz CT molecular complexity index is 74.9. The molecule has 1 fully saturated rings. The average molecular weight is 179 g/mol. The van der Waals surface area contributed by atoms with Crippen LogP contribution in [0, 0.1) is 0 Å². The van der Waals surface area contributed by atoms with Gasteiger partial charge in [-0.1, -0.05) is 15.9 Å². The van der Waals surface area contributed by atoms with Crippen molar-refractivity contribution in [3.05, 3.63) is 0 Å². The number of hydrogen-bond donors (Lipinski definition) is 0. The van der Waals surface area contributed by atoms with E-state index in [2.05, 4.69) is 22.9 Å². The fraction of sp³-hybridized carbons (Fsp3) is 1.00. The van der Waals surface area contributed by atoms with Crippen LogP contribution in [0.15, 0.2) is 0 Å². The Morgan fingerprint density at radius 1 is 1.62 bits per heavy atom. The van der Waals surface area contributed by atoms with Gasteiger partial charge in [0, 0.05) is 5.33 Å². The molecule has 0 amide bonds. The third-order valence-electron chi connectivity index (χ3n) is 1.46. The van der Waals surface area contributed by atoms with Crippen LogP contribution in [-0.2, 0) is 4.74 Å². The summed E-state index contributed by atoms with van der Waals surface area (Å²) >= 11 is 3.37. The SMILES string of the molecule is CC1OC1CCCBr. The summed E-state index contributed by atoms with van der Waals surface area (Å²) in [4.78, 5) is 0. The maximum Gasteiger partial charge on any atom is 0.0839 e. The van der Waals surface area contributed by atoms with E-state index < -0.39 is 0 Å². The Kier molecular flexibility index (Phi) is 2.32. The Hall–Kier alpha value is 0.440. The number of rotatable bonds is 3. The van der Waals surface area contributed by atoms with E-state index in [-0.39, 0.29) is 0 Å². The first-order valence-corrected chi connectivity index (χ1v) is 4.18. The van der Waals surface area contributed by atoms with Crippen molar-refractivity contribution in [3.63, 3.8) is 0 Å². The second-order valence-electron chi connectivity index (χ2n) is 2.21. The molecule has 2 unspecified atom stereocenters. The molecule has 2 atom stereocenters. The third-order valence-corrected chi connectivity index (χ3v) is 2.02. The molecule has 0 aromatic heterocycles. The fourth-order valence-corrected chi connectivity index (χ4v) is 1.14. The molecule has 1 saturated heterocycles. The van der Waals surface area contributed by atoms with Crippen molar-refractivity contribution in [3.8, 4) is 0 Å². The van der Waals surface area contributed by atoms with E-state index in [0.29, 0.717) is 12.2 Å². The van der Waals surface area contributed by atoms with Gasteiger partial charge in [0.2, 0.25) is 0 Å². The van der Waals surface area contributed by atoms with E-state index in [1.165, 1.54) is 12.8 Å². The highest BCUT2D eigenvalue weighted by molar-refractivity contribution is 9.09. The van der Waals surface area contributed by atoms with Gasteiger partial charge in [0.1, 0.15) is 0 Å². The monoisotopic (exact) mass is 178 g/mol. The van der Waals surface area contributed by atoms with Gasteiger partial charge >= 0.3 is 0 Å².